The van der Waals surface area contributed by atoms with Gasteiger partial charge in [0.05, 0.1) is 11.9 Å². The molecular formula is C16H23N5O2. The summed E-state index contributed by atoms with van der Waals surface area (Å²) in [6, 6.07) is 2.25. The molecule has 23 heavy (non-hydrogen) atoms. The number of piperidine rings is 1. The van der Waals surface area contributed by atoms with E-state index in [2.05, 4.69) is 31.7 Å². The number of hydrogen-bond donors (Lipinski definition) is 2. The molecule has 7 nitrogen and oxygen atoms in total. The Hall–Kier alpha value is -1.99. The van der Waals surface area contributed by atoms with Crippen LogP contribution in [-0.2, 0) is 4.79 Å². The van der Waals surface area contributed by atoms with Crippen molar-refractivity contribution in [2.75, 3.05) is 38.2 Å². The number of H-pyrrole nitrogens is 1. The molecule has 0 saturated carbocycles. The molecule has 0 aromatic carbocycles. The molecule has 3 rings (SSSR count). The van der Waals surface area contributed by atoms with Gasteiger partial charge in [0.25, 0.3) is 0 Å². The third-order valence-corrected chi connectivity index (χ3v) is 4.74. The van der Waals surface area contributed by atoms with Crippen molar-refractivity contribution in [2.24, 2.45) is 5.92 Å². The molecule has 0 radical (unpaired) electrons. The van der Waals surface area contributed by atoms with Crippen molar-refractivity contribution < 1.29 is 9.90 Å². The highest BCUT2D eigenvalue weighted by atomic mass is 16.3. The van der Waals surface area contributed by atoms with Gasteiger partial charge in [-0.3, -0.25) is 9.69 Å². The van der Waals surface area contributed by atoms with Gasteiger partial charge in [0.2, 0.25) is 0 Å². The summed E-state index contributed by atoms with van der Waals surface area (Å²) in [4.78, 5) is 27.6. The second-order valence-electron chi connectivity index (χ2n) is 6.31. The summed E-state index contributed by atoms with van der Waals surface area (Å²) in [5.41, 5.74) is 0.831. The summed E-state index contributed by atoms with van der Waals surface area (Å²) in [7, 11) is 2.05. The van der Waals surface area contributed by atoms with Gasteiger partial charge in [0.15, 0.2) is 5.78 Å². The van der Waals surface area contributed by atoms with Gasteiger partial charge in [-0.1, -0.05) is 6.92 Å². The molecule has 1 fully saturated rings. The van der Waals surface area contributed by atoms with E-state index in [-0.39, 0.29) is 18.4 Å². The maximum Gasteiger partial charge on any atom is 0.172 e. The lowest BCUT2D eigenvalue weighted by Crippen LogP contribution is -2.52. The number of nitrogens with one attached hydrogen (secondary N) is 1. The minimum Gasteiger partial charge on any atom is -0.389 e. The molecule has 2 N–H and O–H groups in total. The summed E-state index contributed by atoms with van der Waals surface area (Å²) in [5, 5.41) is 9.96. The molecule has 0 spiro atoms. The number of likely N-dealkylation sites (N-methyl/N-ethyl adjacent to an activating group) is 1. The zero-order valence-electron chi connectivity index (χ0n) is 13.6. The van der Waals surface area contributed by atoms with Crippen LogP contribution in [0, 0.1) is 5.92 Å². The standard InChI is InChI=1S/C16H23N5O2/c1-11-4-6-21(7-12(23)9-22)8-14(11)20(2)16-13-3-5-17-15(13)18-10-19-16/h3,5,10-11,14,22H,4,6-9H2,1-2H3,(H,17,18,19)/t11-,14+/m1/s1. The fraction of sp³-hybridized carbons (Fsp3) is 0.562. The molecule has 0 unspecified atom stereocenters. The molecule has 7 heteroatoms. The lowest BCUT2D eigenvalue weighted by atomic mass is 9.92. The zero-order chi connectivity index (χ0) is 16.4. The number of carbonyl (C=O) groups excluding carboxylic acids is 1. The summed E-state index contributed by atoms with van der Waals surface area (Å²) in [5.74, 6) is 1.28. The van der Waals surface area contributed by atoms with Crippen LogP contribution in [0.4, 0.5) is 5.82 Å². The Morgan fingerprint density at radius 2 is 2.35 bits per heavy atom. The van der Waals surface area contributed by atoms with Crippen LogP contribution >= 0.6 is 0 Å². The molecule has 0 bridgehead atoms. The Morgan fingerprint density at radius 1 is 1.52 bits per heavy atom. The highest BCUT2D eigenvalue weighted by Crippen LogP contribution is 2.28. The fourth-order valence-corrected chi connectivity index (χ4v) is 3.36. The van der Waals surface area contributed by atoms with Crippen molar-refractivity contribution in [1.82, 2.24) is 19.9 Å². The average molecular weight is 317 g/mol. The lowest BCUT2D eigenvalue weighted by Gasteiger charge is -2.42. The quantitative estimate of drug-likeness (QED) is 0.843. The summed E-state index contributed by atoms with van der Waals surface area (Å²) < 4.78 is 0. The number of fused-ring (bicyclic) bond motifs is 1. The first-order chi connectivity index (χ1) is 11.1. The van der Waals surface area contributed by atoms with E-state index >= 15 is 0 Å². The Balaban J connectivity index is 1.80. The summed E-state index contributed by atoms with van der Waals surface area (Å²) in [6.07, 6.45) is 4.47. The van der Waals surface area contributed by atoms with E-state index in [1.165, 1.54) is 0 Å². The molecule has 1 aliphatic heterocycles. The number of aromatic nitrogens is 3. The Bertz CT molecular complexity index is 686. The lowest BCUT2D eigenvalue weighted by molar-refractivity contribution is -0.123. The number of nitrogens with zero attached hydrogens (tertiary/aromatic N) is 4. The van der Waals surface area contributed by atoms with Crippen LogP contribution in [0.5, 0.6) is 0 Å². The monoisotopic (exact) mass is 317 g/mol. The minimum atomic E-state index is -0.386. The number of anilines is 1. The summed E-state index contributed by atoms with van der Waals surface area (Å²) in [6.45, 7) is 3.85. The van der Waals surface area contributed by atoms with Crippen molar-refractivity contribution in [1.29, 1.82) is 0 Å². The first-order valence-electron chi connectivity index (χ1n) is 7.96. The number of ketones is 1. The van der Waals surface area contributed by atoms with Crippen LogP contribution in [0.1, 0.15) is 13.3 Å². The second-order valence-corrected chi connectivity index (χ2v) is 6.31. The third kappa shape index (κ3) is 3.20. The normalized spacial score (nSPS) is 22.4. The van der Waals surface area contributed by atoms with Gasteiger partial charge in [0, 0.05) is 25.8 Å². The number of aliphatic hydroxyl groups excluding tert-OH is 1. The topological polar surface area (TPSA) is 85.3 Å². The van der Waals surface area contributed by atoms with Crippen LogP contribution in [0.25, 0.3) is 11.0 Å². The molecule has 2 aromatic rings. The van der Waals surface area contributed by atoms with Gasteiger partial charge in [0.1, 0.15) is 24.4 Å². The molecule has 1 saturated heterocycles. The number of hydrogen-bond acceptors (Lipinski definition) is 6. The minimum absolute atomic E-state index is 0.129. The molecule has 3 heterocycles. The van der Waals surface area contributed by atoms with Crippen molar-refractivity contribution in [3.05, 3.63) is 18.6 Å². The smallest absolute Gasteiger partial charge is 0.172 e. The van der Waals surface area contributed by atoms with E-state index in [0.29, 0.717) is 12.5 Å². The van der Waals surface area contributed by atoms with E-state index < -0.39 is 0 Å². The fourth-order valence-electron chi connectivity index (χ4n) is 3.36. The Morgan fingerprint density at radius 3 is 3.13 bits per heavy atom. The maximum atomic E-state index is 11.5. The van der Waals surface area contributed by atoms with E-state index in [1.807, 2.05) is 19.3 Å². The van der Waals surface area contributed by atoms with Crippen molar-refractivity contribution in [2.45, 2.75) is 19.4 Å². The first kappa shape index (κ1) is 15.9. The van der Waals surface area contributed by atoms with Crippen LogP contribution in [0.15, 0.2) is 18.6 Å². The van der Waals surface area contributed by atoms with Crippen molar-refractivity contribution in [3.63, 3.8) is 0 Å². The van der Waals surface area contributed by atoms with Crippen LogP contribution in [0.2, 0.25) is 0 Å². The van der Waals surface area contributed by atoms with Gasteiger partial charge in [-0.15, -0.1) is 0 Å². The number of aliphatic hydroxyl groups is 1. The Kier molecular flexibility index (Phi) is 4.58. The molecule has 1 aliphatic rings. The maximum absolute atomic E-state index is 11.5. The number of carbonyl (C=O) groups is 1. The number of rotatable bonds is 5. The average Bonchev–Trinajstić information content (AvgIpc) is 3.04. The molecule has 0 aliphatic carbocycles. The van der Waals surface area contributed by atoms with Crippen LogP contribution < -0.4 is 4.90 Å². The van der Waals surface area contributed by atoms with Crippen molar-refractivity contribution >= 4 is 22.6 Å². The Labute approximate surface area is 135 Å². The van der Waals surface area contributed by atoms with E-state index in [0.717, 1.165) is 36.4 Å². The van der Waals surface area contributed by atoms with Crippen molar-refractivity contribution in [3.8, 4) is 0 Å². The predicted molar refractivity (Wildman–Crippen MR) is 88.4 cm³/mol. The van der Waals surface area contributed by atoms with Gasteiger partial charge in [-0.2, -0.15) is 0 Å². The van der Waals surface area contributed by atoms with Gasteiger partial charge in [-0.05, 0) is 24.9 Å². The number of aromatic amines is 1. The summed E-state index contributed by atoms with van der Waals surface area (Å²) >= 11 is 0. The predicted octanol–water partition coefficient (Wildman–Crippen LogP) is 0.666. The number of Topliss-reactive ketones (excluding diaryl/α,β-unsaturated/α-hetero) is 1. The van der Waals surface area contributed by atoms with Crippen LogP contribution in [-0.4, -0.2) is 70.1 Å². The van der Waals surface area contributed by atoms with Gasteiger partial charge in [-0.25, -0.2) is 9.97 Å². The van der Waals surface area contributed by atoms with E-state index in [1.54, 1.807) is 6.33 Å². The molecule has 2 atom stereocenters. The highest BCUT2D eigenvalue weighted by Gasteiger charge is 2.31. The highest BCUT2D eigenvalue weighted by molar-refractivity contribution is 5.87. The number of likely N-dealkylation sites (tertiary alicyclic amines) is 1. The molecular weight excluding hydrogens is 294 g/mol. The first-order valence-corrected chi connectivity index (χ1v) is 7.96. The molecule has 124 valence electrons. The second kappa shape index (κ2) is 6.64. The zero-order valence-corrected chi connectivity index (χ0v) is 13.6. The van der Waals surface area contributed by atoms with E-state index in [4.69, 9.17) is 5.11 Å². The van der Waals surface area contributed by atoms with Crippen LogP contribution in [0.3, 0.4) is 0 Å². The molecule has 0 amide bonds. The van der Waals surface area contributed by atoms with Gasteiger partial charge >= 0.3 is 0 Å². The SMILES string of the molecule is C[C@@H]1CCN(CC(=O)CO)C[C@@H]1N(C)c1ncnc2[nH]ccc12. The van der Waals surface area contributed by atoms with Gasteiger partial charge < -0.3 is 15.0 Å². The van der Waals surface area contributed by atoms with E-state index in [9.17, 15) is 4.79 Å². The molecule has 2 aromatic heterocycles. The largest absolute Gasteiger partial charge is 0.389 e. The third-order valence-electron chi connectivity index (χ3n) is 4.74.